The third-order valence-electron chi connectivity index (χ3n) is 1.84. The first-order valence-electron chi connectivity index (χ1n) is 4.91. The lowest BCUT2D eigenvalue weighted by molar-refractivity contribution is 0.00763. The summed E-state index contributed by atoms with van der Waals surface area (Å²) in [6.07, 6.45) is -2.48. The highest BCUT2D eigenvalue weighted by atomic mass is 19.3. The number of carboxylic acids is 1. The van der Waals surface area contributed by atoms with E-state index in [9.17, 15) is 13.6 Å². The van der Waals surface area contributed by atoms with Gasteiger partial charge in [0.25, 0.3) is 6.43 Å². The highest BCUT2D eigenvalue weighted by Crippen LogP contribution is 2.11. The maximum absolute atomic E-state index is 11.7. The monoisotopic (exact) mass is 246 g/mol. The molecule has 0 fully saturated rings. The van der Waals surface area contributed by atoms with Crippen molar-refractivity contribution in [2.75, 3.05) is 19.8 Å². The van der Waals surface area contributed by atoms with Gasteiger partial charge in [0.15, 0.2) is 0 Å². The SMILES string of the molecule is O=C(O)c1ccc(OCCOCC(F)F)cc1. The Labute approximate surface area is 96.8 Å². The molecule has 1 rings (SSSR count). The standard InChI is InChI=1S/C11H12F2O4/c12-10(13)7-16-5-6-17-9-3-1-8(2-4-9)11(14)15/h1-4,10H,5-7H2,(H,14,15). The number of aromatic carboxylic acids is 1. The molecule has 1 aromatic carbocycles. The zero-order chi connectivity index (χ0) is 12.7. The Bertz CT molecular complexity index is 351. The van der Waals surface area contributed by atoms with Gasteiger partial charge in [0.2, 0.25) is 0 Å². The van der Waals surface area contributed by atoms with Gasteiger partial charge in [-0.2, -0.15) is 0 Å². The minimum Gasteiger partial charge on any atom is -0.491 e. The quantitative estimate of drug-likeness (QED) is 0.748. The molecule has 0 spiro atoms. The number of carboxylic acid groups (broad SMARTS) is 1. The first kappa shape index (κ1) is 13.4. The van der Waals surface area contributed by atoms with Gasteiger partial charge in [-0.05, 0) is 24.3 Å². The van der Waals surface area contributed by atoms with Crippen molar-refractivity contribution in [3.05, 3.63) is 29.8 Å². The molecule has 0 amide bonds. The van der Waals surface area contributed by atoms with Gasteiger partial charge in [-0.1, -0.05) is 0 Å². The van der Waals surface area contributed by atoms with Crippen molar-refractivity contribution in [2.24, 2.45) is 0 Å². The van der Waals surface area contributed by atoms with Gasteiger partial charge in [-0.15, -0.1) is 0 Å². The molecular formula is C11H12F2O4. The van der Waals surface area contributed by atoms with E-state index < -0.39 is 19.0 Å². The molecule has 1 N–H and O–H groups in total. The summed E-state index contributed by atoms with van der Waals surface area (Å²) in [4.78, 5) is 10.5. The van der Waals surface area contributed by atoms with Crippen LogP contribution in [0.15, 0.2) is 24.3 Å². The van der Waals surface area contributed by atoms with E-state index in [0.717, 1.165) is 0 Å². The molecule has 0 bridgehead atoms. The average Bonchev–Trinajstić information content (AvgIpc) is 2.29. The Hall–Kier alpha value is -1.69. The van der Waals surface area contributed by atoms with E-state index >= 15 is 0 Å². The molecule has 0 unspecified atom stereocenters. The number of hydrogen-bond acceptors (Lipinski definition) is 3. The van der Waals surface area contributed by atoms with Crippen LogP contribution in [0.25, 0.3) is 0 Å². The molecule has 0 aliphatic rings. The number of rotatable bonds is 7. The van der Waals surface area contributed by atoms with Crippen molar-refractivity contribution in [1.82, 2.24) is 0 Å². The van der Waals surface area contributed by atoms with Crippen molar-refractivity contribution in [2.45, 2.75) is 6.43 Å². The molecule has 0 aliphatic heterocycles. The fourth-order valence-electron chi connectivity index (χ4n) is 1.08. The molecule has 0 saturated heterocycles. The predicted molar refractivity (Wildman–Crippen MR) is 55.7 cm³/mol. The molecule has 0 aromatic heterocycles. The molecule has 6 heteroatoms. The van der Waals surface area contributed by atoms with Crippen LogP contribution in [-0.4, -0.2) is 37.3 Å². The van der Waals surface area contributed by atoms with Gasteiger partial charge in [-0.25, -0.2) is 13.6 Å². The first-order chi connectivity index (χ1) is 8.09. The summed E-state index contributed by atoms with van der Waals surface area (Å²) in [5, 5.41) is 8.64. The van der Waals surface area contributed by atoms with E-state index in [2.05, 4.69) is 4.74 Å². The summed E-state index contributed by atoms with van der Waals surface area (Å²) in [5.41, 5.74) is 0.159. The maximum Gasteiger partial charge on any atom is 0.335 e. The second-order valence-corrected chi connectivity index (χ2v) is 3.14. The topological polar surface area (TPSA) is 55.8 Å². The molecule has 0 radical (unpaired) electrons. The van der Waals surface area contributed by atoms with Crippen molar-refractivity contribution >= 4 is 5.97 Å². The van der Waals surface area contributed by atoms with Gasteiger partial charge in [0.05, 0.1) is 12.2 Å². The predicted octanol–water partition coefficient (Wildman–Crippen LogP) is 2.05. The Morgan fingerprint density at radius 2 is 1.88 bits per heavy atom. The molecule has 17 heavy (non-hydrogen) atoms. The fourth-order valence-corrected chi connectivity index (χ4v) is 1.08. The Balaban J connectivity index is 2.25. The van der Waals surface area contributed by atoms with Gasteiger partial charge >= 0.3 is 5.97 Å². The summed E-state index contributed by atoms with van der Waals surface area (Å²) in [6.45, 7) is -0.411. The molecule has 0 aliphatic carbocycles. The van der Waals surface area contributed by atoms with E-state index in [-0.39, 0.29) is 18.8 Å². The fraction of sp³-hybridized carbons (Fsp3) is 0.364. The van der Waals surface area contributed by atoms with E-state index in [1.807, 2.05) is 0 Å². The van der Waals surface area contributed by atoms with Gasteiger partial charge in [0.1, 0.15) is 19.0 Å². The zero-order valence-corrected chi connectivity index (χ0v) is 8.94. The van der Waals surface area contributed by atoms with Crippen LogP contribution in [0, 0.1) is 0 Å². The molecule has 0 heterocycles. The second-order valence-electron chi connectivity index (χ2n) is 3.14. The first-order valence-corrected chi connectivity index (χ1v) is 4.91. The number of carbonyl (C=O) groups is 1. The molecule has 1 aromatic rings. The third kappa shape index (κ3) is 5.26. The Morgan fingerprint density at radius 3 is 2.41 bits per heavy atom. The number of alkyl halides is 2. The van der Waals surface area contributed by atoms with E-state index in [1.54, 1.807) is 0 Å². The van der Waals surface area contributed by atoms with Crippen LogP contribution in [0.3, 0.4) is 0 Å². The molecule has 4 nitrogen and oxygen atoms in total. The lowest BCUT2D eigenvalue weighted by Crippen LogP contribution is -2.11. The molecule has 0 atom stereocenters. The van der Waals surface area contributed by atoms with E-state index in [4.69, 9.17) is 9.84 Å². The van der Waals surface area contributed by atoms with Crippen molar-refractivity contribution < 1.29 is 28.2 Å². The lowest BCUT2D eigenvalue weighted by Gasteiger charge is -2.06. The second kappa shape index (κ2) is 6.80. The van der Waals surface area contributed by atoms with Crippen molar-refractivity contribution in [1.29, 1.82) is 0 Å². The van der Waals surface area contributed by atoms with Crippen LogP contribution < -0.4 is 4.74 Å². The van der Waals surface area contributed by atoms with Crippen LogP contribution in [-0.2, 0) is 4.74 Å². The maximum atomic E-state index is 11.7. The summed E-state index contributed by atoms with van der Waals surface area (Å²) >= 11 is 0. The van der Waals surface area contributed by atoms with Crippen LogP contribution in [0.1, 0.15) is 10.4 Å². The van der Waals surface area contributed by atoms with Crippen molar-refractivity contribution in [3.63, 3.8) is 0 Å². The minimum absolute atomic E-state index is 0.0605. The zero-order valence-electron chi connectivity index (χ0n) is 8.94. The van der Waals surface area contributed by atoms with E-state index in [1.165, 1.54) is 24.3 Å². The number of hydrogen-bond donors (Lipinski definition) is 1. The van der Waals surface area contributed by atoms with Crippen LogP contribution in [0.4, 0.5) is 8.78 Å². The number of benzene rings is 1. The van der Waals surface area contributed by atoms with Gasteiger partial charge < -0.3 is 14.6 Å². The molecule has 0 saturated carbocycles. The largest absolute Gasteiger partial charge is 0.491 e. The van der Waals surface area contributed by atoms with Crippen LogP contribution in [0.5, 0.6) is 5.75 Å². The van der Waals surface area contributed by atoms with Gasteiger partial charge in [-0.3, -0.25) is 0 Å². The lowest BCUT2D eigenvalue weighted by atomic mass is 10.2. The van der Waals surface area contributed by atoms with Gasteiger partial charge in [0, 0.05) is 0 Å². The number of ether oxygens (including phenoxy) is 2. The van der Waals surface area contributed by atoms with E-state index in [0.29, 0.717) is 5.75 Å². The average molecular weight is 246 g/mol. The highest BCUT2D eigenvalue weighted by molar-refractivity contribution is 5.87. The van der Waals surface area contributed by atoms with Crippen LogP contribution in [0.2, 0.25) is 0 Å². The number of halogens is 2. The minimum atomic E-state index is -2.48. The highest BCUT2D eigenvalue weighted by Gasteiger charge is 2.03. The third-order valence-corrected chi connectivity index (χ3v) is 1.84. The summed E-state index contributed by atoms with van der Waals surface area (Å²) < 4.78 is 33.1. The van der Waals surface area contributed by atoms with Crippen molar-refractivity contribution in [3.8, 4) is 5.75 Å². The normalized spacial score (nSPS) is 10.5. The summed E-state index contributed by atoms with van der Waals surface area (Å²) in [7, 11) is 0. The molecule has 94 valence electrons. The summed E-state index contributed by atoms with van der Waals surface area (Å²) in [6, 6.07) is 5.79. The smallest absolute Gasteiger partial charge is 0.335 e. The Morgan fingerprint density at radius 1 is 1.24 bits per heavy atom. The summed E-state index contributed by atoms with van der Waals surface area (Å²) in [5.74, 6) is -0.549. The molecular weight excluding hydrogens is 234 g/mol. The van der Waals surface area contributed by atoms with Crippen LogP contribution >= 0.6 is 0 Å². The Kier molecular flexibility index (Phi) is 5.35.